The van der Waals surface area contributed by atoms with E-state index in [0.29, 0.717) is 16.9 Å². The lowest BCUT2D eigenvalue weighted by molar-refractivity contribution is -0.120. The van der Waals surface area contributed by atoms with Gasteiger partial charge in [-0.05, 0) is 0 Å². The van der Waals surface area contributed by atoms with Crippen LogP contribution in [-0.2, 0) is 11.2 Å². The van der Waals surface area contributed by atoms with Gasteiger partial charge in [-0.25, -0.2) is 20.8 Å². The first kappa shape index (κ1) is 8.57. The number of nitrogens with one attached hydrogen (secondary N) is 2. The topological polar surface area (TPSA) is 110 Å². The molecule has 4 N–H and O–H groups in total. The van der Waals surface area contributed by atoms with Gasteiger partial charge in [-0.1, -0.05) is 0 Å². The predicted octanol–water partition coefficient (Wildman–Crippen LogP) is -1.11. The summed E-state index contributed by atoms with van der Waals surface area (Å²) in [5.74, 6) is 4.66. The van der Waals surface area contributed by atoms with E-state index in [-0.39, 0.29) is 12.3 Å². The van der Waals surface area contributed by atoms with Crippen LogP contribution in [0.4, 0.5) is 0 Å². The van der Waals surface area contributed by atoms with Crippen molar-refractivity contribution in [1.82, 2.24) is 25.4 Å². The summed E-state index contributed by atoms with van der Waals surface area (Å²) in [4.78, 5) is 25.7. The van der Waals surface area contributed by atoms with Crippen LogP contribution in [0.15, 0.2) is 12.7 Å². The second-order valence-corrected chi connectivity index (χ2v) is 2.67. The van der Waals surface area contributed by atoms with Gasteiger partial charge in [-0.15, -0.1) is 0 Å². The van der Waals surface area contributed by atoms with Gasteiger partial charge in [0, 0.05) is 0 Å². The number of nitrogens with zero attached hydrogens (tertiary/aromatic N) is 3. The highest BCUT2D eigenvalue weighted by Crippen LogP contribution is 2.09. The minimum Gasteiger partial charge on any atom is -0.342 e. The van der Waals surface area contributed by atoms with Gasteiger partial charge in [0.2, 0.25) is 5.91 Å². The zero-order valence-corrected chi connectivity index (χ0v) is 7.19. The van der Waals surface area contributed by atoms with Crippen LogP contribution in [0.1, 0.15) is 5.69 Å². The van der Waals surface area contributed by atoms with Gasteiger partial charge < -0.3 is 4.98 Å². The molecule has 1 amide bonds. The van der Waals surface area contributed by atoms with Crippen LogP contribution in [0.25, 0.3) is 11.2 Å². The number of aromatic amines is 1. The lowest BCUT2D eigenvalue weighted by Crippen LogP contribution is -2.31. The number of hydrogen-bond acceptors (Lipinski definition) is 5. The molecular weight excluding hydrogens is 184 g/mol. The highest BCUT2D eigenvalue weighted by Gasteiger charge is 2.08. The number of hydrogen-bond donors (Lipinski definition) is 3. The smallest absolute Gasteiger partial charge is 0.239 e. The van der Waals surface area contributed by atoms with E-state index in [1.54, 1.807) is 0 Å². The van der Waals surface area contributed by atoms with Gasteiger partial charge in [-0.3, -0.25) is 10.2 Å². The number of carbonyl (C=O) groups is 1. The Morgan fingerprint density at radius 1 is 1.50 bits per heavy atom. The van der Waals surface area contributed by atoms with Crippen LogP contribution in [-0.4, -0.2) is 25.8 Å². The van der Waals surface area contributed by atoms with Crippen molar-refractivity contribution in [2.45, 2.75) is 6.42 Å². The molecule has 2 aromatic heterocycles. The fraction of sp³-hybridized carbons (Fsp3) is 0.143. The average Bonchev–Trinajstić information content (AvgIpc) is 2.66. The number of rotatable bonds is 2. The SMILES string of the molecule is NNC(=O)Cc1ncnc2nc[nH]c12. The van der Waals surface area contributed by atoms with Crippen molar-refractivity contribution in [2.24, 2.45) is 5.84 Å². The van der Waals surface area contributed by atoms with Crippen LogP contribution in [0.2, 0.25) is 0 Å². The molecule has 0 spiro atoms. The van der Waals surface area contributed by atoms with Gasteiger partial charge in [0.25, 0.3) is 0 Å². The third kappa shape index (κ3) is 1.40. The van der Waals surface area contributed by atoms with E-state index in [1.807, 2.05) is 5.43 Å². The van der Waals surface area contributed by atoms with E-state index in [1.165, 1.54) is 12.7 Å². The van der Waals surface area contributed by atoms with E-state index in [4.69, 9.17) is 5.84 Å². The molecule has 0 aliphatic rings. The lowest BCUT2D eigenvalue weighted by Gasteiger charge is -1.99. The van der Waals surface area contributed by atoms with Gasteiger partial charge >= 0.3 is 0 Å². The molecule has 72 valence electrons. The third-order valence-corrected chi connectivity index (χ3v) is 1.79. The van der Waals surface area contributed by atoms with Crippen LogP contribution in [0, 0.1) is 0 Å². The number of aromatic nitrogens is 4. The first-order valence-electron chi connectivity index (χ1n) is 3.93. The number of H-pyrrole nitrogens is 1. The van der Waals surface area contributed by atoms with Crippen molar-refractivity contribution in [3.8, 4) is 0 Å². The summed E-state index contributed by atoms with van der Waals surface area (Å²) in [5, 5.41) is 0. The van der Waals surface area contributed by atoms with Crippen molar-refractivity contribution in [2.75, 3.05) is 0 Å². The van der Waals surface area contributed by atoms with Gasteiger partial charge in [-0.2, -0.15) is 0 Å². The minimum atomic E-state index is -0.306. The molecule has 2 aromatic rings. The Bertz CT molecular complexity index is 464. The molecule has 0 saturated carbocycles. The summed E-state index contributed by atoms with van der Waals surface area (Å²) < 4.78 is 0. The Hall–Kier alpha value is -2.02. The van der Waals surface area contributed by atoms with Crippen molar-refractivity contribution < 1.29 is 4.79 Å². The standard InChI is InChI=1S/C7H8N6O/c8-13-5(14)1-4-6-7(11-2-9-4)12-3-10-6/h2-3H,1,8H2,(H,13,14)(H,9,10,11,12). The molecule has 0 radical (unpaired) electrons. The maximum absolute atomic E-state index is 11.0. The largest absolute Gasteiger partial charge is 0.342 e. The molecule has 2 heterocycles. The molecule has 14 heavy (non-hydrogen) atoms. The molecule has 2 rings (SSSR count). The van der Waals surface area contributed by atoms with Crippen molar-refractivity contribution in [3.63, 3.8) is 0 Å². The molecule has 0 aliphatic heterocycles. The Morgan fingerprint density at radius 2 is 2.36 bits per heavy atom. The molecule has 0 aromatic carbocycles. The maximum Gasteiger partial charge on any atom is 0.239 e. The Morgan fingerprint density at radius 3 is 3.14 bits per heavy atom. The molecule has 0 saturated heterocycles. The predicted molar refractivity (Wildman–Crippen MR) is 47.7 cm³/mol. The van der Waals surface area contributed by atoms with Gasteiger partial charge in [0.05, 0.1) is 18.4 Å². The number of amides is 1. The van der Waals surface area contributed by atoms with E-state index >= 15 is 0 Å². The van der Waals surface area contributed by atoms with E-state index in [2.05, 4.69) is 19.9 Å². The second-order valence-electron chi connectivity index (χ2n) is 2.67. The number of hydrazine groups is 1. The normalized spacial score (nSPS) is 10.4. The minimum absolute atomic E-state index is 0.109. The Labute approximate surface area is 78.7 Å². The van der Waals surface area contributed by atoms with Crippen molar-refractivity contribution >= 4 is 17.1 Å². The van der Waals surface area contributed by atoms with Gasteiger partial charge in [0.1, 0.15) is 11.8 Å². The van der Waals surface area contributed by atoms with Crippen molar-refractivity contribution in [1.29, 1.82) is 0 Å². The van der Waals surface area contributed by atoms with Crippen LogP contribution < -0.4 is 11.3 Å². The summed E-state index contributed by atoms with van der Waals surface area (Å²) in [5.41, 5.74) is 3.82. The number of carbonyl (C=O) groups excluding carboxylic acids is 1. The first-order valence-corrected chi connectivity index (χ1v) is 3.93. The summed E-state index contributed by atoms with van der Waals surface area (Å²) in [6, 6.07) is 0. The molecule has 7 heteroatoms. The third-order valence-electron chi connectivity index (χ3n) is 1.79. The van der Waals surface area contributed by atoms with E-state index in [0.717, 1.165) is 0 Å². The fourth-order valence-electron chi connectivity index (χ4n) is 1.15. The molecule has 0 atom stereocenters. The zero-order chi connectivity index (χ0) is 9.97. The monoisotopic (exact) mass is 192 g/mol. The molecule has 0 aliphatic carbocycles. The molecular formula is C7H8N6O. The number of imidazole rings is 1. The summed E-state index contributed by atoms with van der Waals surface area (Å²) in [6.45, 7) is 0. The van der Waals surface area contributed by atoms with Crippen LogP contribution in [0.3, 0.4) is 0 Å². The van der Waals surface area contributed by atoms with Crippen LogP contribution in [0.5, 0.6) is 0 Å². The summed E-state index contributed by atoms with van der Waals surface area (Å²) in [7, 11) is 0. The Kier molecular flexibility index (Phi) is 2.07. The Balaban J connectivity index is 2.41. The summed E-state index contributed by atoms with van der Waals surface area (Å²) >= 11 is 0. The second kappa shape index (κ2) is 3.38. The number of nitrogens with two attached hydrogens (primary N) is 1. The molecule has 0 bridgehead atoms. The molecule has 0 fully saturated rings. The van der Waals surface area contributed by atoms with E-state index < -0.39 is 0 Å². The highest BCUT2D eigenvalue weighted by molar-refractivity contribution is 5.82. The van der Waals surface area contributed by atoms with Crippen molar-refractivity contribution in [3.05, 3.63) is 18.3 Å². The summed E-state index contributed by atoms with van der Waals surface area (Å²) in [6.07, 6.45) is 2.98. The maximum atomic E-state index is 11.0. The zero-order valence-electron chi connectivity index (χ0n) is 7.19. The number of fused-ring (bicyclic) bond motifs is 1. The molecule has 0 unspecified atom stereocenters. The fourth-order valence-corrected chi connectivity index (χ4v) is 1.15. The lowest BCUT2D eigenvalue weighted by atomic mass is 10.2. The average molecular weight is 192 g/mol. The first-order chi connectivity index (χ1) is 6.81. The van der Waals surface area contributed by atoms with Gasteiger partial charge in [0.15, 0.2) is 5.65 Å². The molecule has 7 nitrogen and oxygen atoms in total. The van der Waals surface area contributed by atoms with E-state index in [9.17, 15) is 4.79 Å². The van der Waals surface area contributed by atoms with Crippen LogP contribution >= 0.6 is 0 Å². The highest BCUT2D eigenvalue weighted by atomic mass is 16.2. The quantitative estimate of drug-likeness (QED) is 0.317.